The smallest absolute Gasteiger partial charge is 0.145 e. The molecule has 9 rings (SSSR count). The summed E-state index contributed by atoms with van der Waals surface area (Å²) >= 11 is 20.6. The molecule has 0 saturated carbocycles. The molecule has 0 radical (unpaired) electrons. The van der Waals surface area contributed by atoms with Crippen LogP contribution in [0, 0.1) is 0 Å². The summed E-state index contributed by atoms with van der Waals surface area (Å²) in [5.41, 5.74) is 9.16. The molecule has 9 heteroatoms. The summed E-state index contributed by atoms with van der Waals surface area (Å²) in [5.74, 6) is 0.783. The Bertz CT molecular complexity index is 2690. The number of rotatable bonds is 4. The first-order valence-corrected chi connectivity index (χ1v) is 17.1. The van der Waals surface area contributed by atoms with Crippen LogP contribution >= 0.6 is 55.1 Å². The maximum Gasteiger partial charge on any atom is 0.145 e. The first-order valence-electron chi connectivity index (χ1n) is 14.8. The summed E-state index contributed by atoms with van der Waals surface area (Å²) < 4.78 is 11.8. The molecule has 0 aliphatic heterocycles. The van der Waals surface area contributed by atoms with Gasteiger partial charge in [0.2, 0.25) is 0 Å². The van der Waals surface area contributed by atoms with Crippen LogP contribution in [0.1, 0.15) is 0 Å². The van der Waals surface area contributed by atoms with E-state index in [2.05, 4.69) is 96.1 Å². The van der Waals surface area contributed by atoms with E-state index in [-0.39, 0.29) is 0 Å². The average Bonchev–Trinajstić information content (AvgIpc) is 3.79. The van der Waals surface area contributed by atoms with Gasteiger partial charge in [-0.15, -0.1) is 0 Å². The second-order valence-corrected chi connectivity index (χ2v) is 13.7. The van der Waals surface area contributed by atoms with E-state index >= 15 is 0 Å². The number of fused-ring (bicyclic) bond motifs is 5. The highest BCUT2D eigenvalue weighted by Crippen LogP contribution is 2.39. The number of nitrogens with zero attached hydrogens (tertiary/aromatic N) is 4. The number of halogens is 4. The largest absolute Gasteiger partial charge is 0.456 e. The fourth-order valence-electron chi connectivity index (χ4n) is 6.27. The van der Waals surface area contributed by atoms with E-state index in [1.165, 1.54) is 0 Å². The second kappa shape index (κ2) is 11.1. The summed E-state index contributed by atoms with van der Waals surface area (Å²) in [6.07, 6.45) is 1.87. The maximum atomic E-state index is 6.92. The van der Waals surface area contributed by atoms with Crippen molar-refractivity contribution in [3.8, 4) is 33.9 Å². The van der Waals surface area contributed by atoms with Crippen LogP contribution in [0.3, 0.4) is 0 Å². The predicted octanol–water partition coefficient (Wildman–Crippen LogP) is 12.4. The molecule has 9 aromatic rings. The van der Waals surface area contributed by atoms with E-state index in [0.717, 1.165) is 86.7 Å². The van der Waals surface area contributed by atoms with Gasteiger partial charge in [0, 0.05) is 36.7 Å². The van der Waals surface area contributed by atoms with Gasteiger partial charge in [-0.3, -0.25) is 4.57 Å². The van der Waals surface area contributed by atoms with E-state index in [1.54, 1.807) is 0 Å². The average molecular weight is 779 g/mol. The molecule has 3 aromatic heterocycles. The topological polar surface area (TPSA) is 48.8 Å². The molecule has 0 saturated heterocycles. The molecule has 0 unspecified atom stereocenters. The highest BCUT2D eigenvalue weighted by molar-refractivity contribution is 9.10. The molecule has 0 fully saturated rings. The third-order valence-electron chi connectivity index (χ3n) is 8.53. The van der Waals surface area contributed by atoms with Crippen molar-refractivity contribution in [2.24, 2.45) is 0 Å². The van der Waals surface area contributed by atoms with Gasteiger partial charge in [0.05, 0.1) is 44.2 Å². The molecule has 0 spiro atoms. The molecule has 0 amide bonds. The van der Waals surface area contributed by atoms with Crippen molar-refractivity contribution in [3.05, 3.63) is 140 Å². The zero-order valence-electron chi connectivity index (χ0n) is 24.3. The lowest BCUT2D eigenvalue weighted by atomic mass is 10.0. The molecule has 226 valence electrons. The summed E-state index contributed by atoms with van der Waals surface area (Å²) in [5, 5.41) is 8.98. The van der Waals surface area contributed by atoms with Crippen molar-refractivity contribution < 1.29 is 4.42 Å². The lowest BCUT2D eigenvalue weighted by Crippen LogP contribution is -1.99. The number of benzene rings is 6. The van der Waals surface area contributed by atoms with Crippen LogP contribution in [0.5, 0.6) is 0 Å². The highest BCUT2D eigenvalue weighted by atomic mass is 79.9. The van der Waals surface area contributed by atoms with E-state index in [4.69, 9.17) is 32.6 Å². The lowest BCUT2D eigenvalue weighted by molar-refractivity contribution is 0.669. The van der Waals surface area contributed by atoms with Crippen LogP contribution in [0.25, 0.3) is 77.8 Å². The summed E-state index contributed by atoms with van der Waals surface area (Å²) in [6.45, 7) is 0. The van der Waals surface area contributed by atoms with Gasteiger partial charge in [0.15, 0.2) is 0 Å². The minimum atomic E-state index is 0.611. The predicted molar refractivity (Wildman–Crippen MR) is 199 cm³/mol. The number of hydrogen-bond acceptors (Lipinski definition) is 3. The molecular weight excluding hydrogens is 759 g/mol. The van der Waals surface area contributed by atoms with E-state index < -0.39 is 0 Å². The monoisotopic (exact) mass is 776 g/mol. The van der Waals surface area contributed by atoms with Gasteiger partial charge >= 0.3 is 0 Å². The first-order chi connectivity index (χ1) is 22.9. The Morgan fingerprint density at radius 3 is 2.11 bits per heavy atom. The van der Waals surface area contributed by atoms with Gasteiger partial charge < -0.3 is 4.42 Å². The van der Waals surface area contributed by atoms with Crippen molar-refractivity contribution in [2.75, 3.05) is 0 Å². The van der Waals surface area contributed by atoms with Gasteiger partial charge in [-0.2, -0.15) is 5.10 Å². The van der Waals surface area contributed by atoms with E-state index in [0.29, 0.717) is 10.0 Å². The number of para-hydroxylation sites is 1. The van der Waals surface area contributed by atoms with Gasteiger partial charge in [0.25, 0.3) is 0 Å². The fraction of sp³-hybridized carbons (Fsp3) is 0. The summed E-state index contributed by atoms with van der Waals surface area (Å²) in [7, 11) is 0. The third-order valence-corrected chi connectivity index (χ3v) is 11.1. The Hall–Kier alpha value is -4.40. The zero-order chi connectivity index (χ0) is 31.8. The molecular formula is C38H20Br2Cl2N4O. The number of furan rings is 1. The standard InChI is InChI=1S/C38H20Br2Cl2N4O/c39-27-6-3-8-31(36(27)41)45-33-18-26-25-5-1-2-10-34(25)47-35(26)19-29(33)44-38(45)22-13-11-21(12-14-22)23-15-16-30-24(17-23)20-43-46(30)32-9-4-7-28(40)37(32)42/h1-20H. The zero-order valence-corrected chi connectivity index (χ0v) is 28.9. The van der Waals surface area contributed by atoms with E-state index in [1.807, 2.05) is 71.5 Å². The minimum Gasteiger partial charge on any atom is -0.456 e. The molecule has 0 aliphatic carbocycles. The maximum absolute atomic E-state index is 6.92. The third kappa shape index (κ3) is 4.64. The van der Waals surface area contributed by atoms with E-state index in [9.17, 15) is 0 Å². The molecule has 6 aromatic carbocycles. The van der Waals surface area contributed by atoms with Crippen molar-refractivity contribution in [1.82, 2.24) is 19.3 Å². The quantitative estimate of drug-likeness (QED) is 0.179. The van der Waals surface area contributed by atoms with Crippen LogP contribution in [0.4, 0.5) is 0 Å². The van der Waals surface area contributed by atoms with Gasteiger partial charge in [-0.1, -0.05) is 83.9 Å². The Kier molecular flexibility index (Phi) is 6.80. The number of hydrogen-bond donors (Lipinski definition) is 0. The second-order valence-electron chi connectivity index (χ2n) is 11.3. The molecule has 5 nitrogen and oxygen atoms in total. The van der Waals surface area contributed by atoms with Gasteiger partial charge in [0.1, 0.15) is 17.0 Å². The van der Waals surface area contributed by atoms with Gasteiger partial charge in [-0.05, 0) is 91.5 Å². The Morgan fingerprint density at radius 1 is 0.596 bits per heavy atom. The number of imidazole rings is 1. The van der Waals surface area contributed by atoms with Crippen LogP contribution < -0.4 is 0 Å². The van der Waals surface area contributed by atoms with Crippen molar-refractivity contribution in [2.45, 2.75) is 0 Å². The molecule has 0 N–H and O–H groups in total. The fourth-order valence-corrected chi connectivity index (χ4v) is 7.40. The van der Waals surface area contributed by atoms with Crippen molar-refractivity contribution in [3.63, 3.8) is 0 Å². The van der Waals surface area contributed by atoms with Crippen LogP contribution in [0.2, 0.25) is 10.0 Å². The SMILES string of the molecule is Clc1c(Br)cccc1-n1ncc2cc(-c3ccc(-c4nc5cc6oc7ccccc7c6cc5n4-c4cccc(Br)c4Cl)cc3)ccc21. The molecule has 3 heterocycles. The first kappa shape index (κ1) is 28.8. The number of aromatic nitrogens is 4. The highest BCUT2D eigenvalue weighted by Gasteiger charge is 2.20. The lowest BCUT2D eigenvalue weighted by Gasteiger charge is -2.13. The molecule has 0 aliphatic rings. The van der Waals surface area contributed by atoms with Crippen molar-refractivity contribution >= 4 is 98.9 Å². The van der Waals surface area contributed by atoms with Crippen LogP contribution in [-0.4, -0.2) is 19.3 Å². The summed E-state index contributed by atoms with van der Waals surface area (Å²) in [6, 6.07) is 38.8. The molecule has 0 bridgehead atoms. The Balaban J connectivity index is 1.16. The summed E-state index contributed by atoms with van der Waals surface area (Å²) in [4.78, 5) is 5.14. The van der Waals surface area contributed by atoms with Crippen LogP contribution in [-0.2, 0) is 0 Å². The van der Waals surface area contributed by atoms with Crippen molar-refractivity contribution in [1.29, 1.82) is 0 Å². The Morgan fingerprint density at radius 2 is 1.30 bits per heavy atom. The normalized spacial score (nSPS) is 11.8. The molecule has 0 atom stereocenters. The molecule has 47 heavy (non-hydrogen) atoms. The Labute approximate surface area is 295 Å². The minimum absolute atomic E-state index is 0.611. The van der Waals surface area contributed by atoms with Crippen LogP contribution in [0.15, 0.2) is 135 Å². The van der Waals surface area contributed by atoms with Gasteiger partial charge in [-0.25, -0.2) is 9.67 Å².